The second-order valence-electron chi connectivity index (χ2n) is 7.03. The van der Waals surface area contributed by atoms with Crippen molar-refractivity contribution in [2.24, 2.45) is 5.92 Å². The van der Waals surface area contributed by atoms with Crippen LogP contribution < -0.4 is 10.2 Å². The van der Waals surface area contributed by atoms with Crippen molar-refractivity contribution in [3.8, 4) is 0 Å². The van der Waals surface area contributed by atoms with Crippen LogP contribution in [0.25, 0.3) is 0 Å². The molecule has 0 aromatic heterocycles. The molecule has 4 nitrogen and oxygen atoms in total. The topological polar surface area (TPSA) is 49.4 Å². The molecule has 0 radical (unpaired) electrons. The highest BCUT2D eigenvalue weighted by Gasteiger charge is 2.30. The average Bonchev–Trinajstić information content (AvgIpc) is 2.57. The number of hydrogen-bond acceptors (Lipinski definition) is 2. The van der Waals surface area contributed by atoms with Gasteiger partial charge >= 0.3 is 0 Å². The van der Waals surface area contributed by atoms with E-state index in [1.54, 1.807) is 20.9 Å². The van der Waals surface area contributed by atoms with Gasteiger partial charge in [-0.2, -0.15) is 0 Å². The summed E-state index contributed by atoms with van der Waals surface area (Å²) < 4.78 is 27.7. The van der Waals surface area contributed by atoms with Gasteiger partial charge in [-0.25, -0.2) is 8.78 Å². The number of carbonyl (C=O) groups is 2. The van der Waals surface area contributed by atoms with Gasteiger partial charge in [-0.15, -0.1) is 0 Å². The standard InChI is InChI=1S/C21H24F2N2O2/c1-12(2)19(24-20(26)18-16(22)7-6-8-17(18)23)21(27)25(5)15-10-13(3)9-14(4)11-15/h6-12,19H,1-5H3,(H,24,26). The summed E-state index contributed by atoms with van der Waals surface area (Å²) in [5.41, 5.74) is 2.01. The van der Waals surface area contributed by atoms with E-state index in [0.29, 0.717) is 5.69 Å². The third-order valence-corrected chi connectivity index (χ3v) is 4.33. The molecule has 27 heavy (non-hydrogen) atoms. The molecule has 0 fully saturated rings. The molecule has 1 atom stereocenters. The first-order valence-electron chi connectivity index (χ1n) is 8.72. The first kappa shape index (κ1) is 20.6. The Labute approximate surface area is 158 Å². The molecular weight excluding hydrogens is 350 g/mol. The van der Waals surface area contributed by atoms with Gasteiger partial charge in [0.1, 0.15) is 23.2 Å². The van der Waals surface area contributed by atoms with E-state index in [1.807, 2.05) is 32.0 Å². The van der Waals surface area contributed by atoms with Crippen molar-refractivity contribution in [1.29, 1.82) is 0 Å². The first-order valence-corrected chi connectivity index (χ1v) is 8.72. The number of hydrogen-bond donors (Lipinski definition) is 1. The van der Waals surface area contributed by atoms with Gasteiger partial charge < -0.3 is 10.2 Å². The number of likely N-dealkylation sites (N-methyl/N-ethyl adjacent to an activating group) is 1. The SMILES string of the molecule is Cc1cc(C)cc(N(C)C(=O)C(NC(=O)c2c(F)cccc2F)C(C)C)c1. The van der Waals surface area contributed by atoms with E-state index in [1.165, 1.54) is 11.0 Å². The molecule has 1 N–H and O–H groups in total. The molecule has 0 aliphatic heterocycles. The van der Waals surface area contributed by atoms with Gasteiger partial charge in [0.05, 0.1) is 0 Å². The lowest BCUT2D eigenvalue weighted by molar-refractivity contribution is -0.121. The molecule has 0 saturated heterocycles. The number of halogens is 2. The number of nitrogens with one attached hydrogen (secondary N) is 1. The number of rotatable bonds is 5. The lowest BCUT2D eigenvalue weighted by Crippen LogP contribution is -2.50. The molecule has 0 spiro atoms. The minimum Gasteiger partial charge on any atom is -0.340 e. The Morgan fingerprint density at radius 2 is 1.52 bits per heavy atom. The molecule has 2 amide bonds. The third-order valence-electron chi connectivity index (χ3n) is 4.33. The summed E-state index contributed by atoms with van der Waals surface area (Å²) in [6.45, 7) is 7.38. The maximum absolute atomic E-state index is 13.9. The number of anilines is 1. The molecule has 1 unspecified atom stereocenters. The molecule has 144 valence electrons. The smallest absolute Gasteiger partial charge is 0.257 e. The van der Waals surface area contributed by atoms with E-state index in [4.69, 9.17) is 0 Å². The molecule has 0 heterocycles. The molecule has 2 rings (SSSR count). The Morgan fingerprint density at radius 3 is 2.00 bits per heavy atom. The Balaban J connectivity index is 2.28. The van der Waals surface area contributed by atoms with Crippen LogP contribution in [-0.4, -0.2) is 24.9 Å². The molecule has 0 aliphatic carbocycles. The zero-order valence-corrected chi connectivity index (χ0v) is 16.1. The third kappa shape index (κ3) is 4.70. The predicted octanol–water partition coefficient (Wildman–Crippen LogP) is 4.00. The number of carbonyl (C=O) groups excluding carboxylic acids is 2. The second kappa shape index (κ2) is 8.29. The van der Waals surface area contributed by atoms with Gasteiger partial charge in [0.15, 0.2) is 0 Å². The van der Waals surface area contributed by atoms with E-state index in [-0.39, 0.29) is 11.8 Å². The normalized spacial score (nSPS) is 12.0. The lowest BCUT2D eigenvalue weighted by atomic mass is 10.0. The monoisotopic (exact) mass is 374 g/mol. The van der Waals surface area contributed by atoms with Gasteiger partial charge in [0, 0.05) is 12.7 Å². The van der Waals surface area contributed by atoms with Crippen LogP contribution in [-0.2, 0) is 4.79 Å². The van der Waals surface area contributed by atoms with Crippen molar-refractivity contribution >= 4 is 17.5 Å². The molecule has 0 bridgehead atoms. The maximum atomic E-state index is 13.9. The Morgan fingerprint density at radius 1 is 1.00 bits per heavy atom. The van der Waals surface area contributed by atoms with Crippen molar-refractivity contribution in [1.82, 2.24) is 5.32 Å². The highest BCUT2D eigenvalue weighted by atomic mass is 19.1. The highest BCUT2D eigenvalue weighted by Crippen LogP contribution is 2.20. The van der Waals surface area contributed by atoms with Crippen molar-refractivity contribution in [3.63, 3.8) is 0 Å². The number of aryl methyl sites for hydroxylation is 2. The van der Waals surface area contributed by atoms with Crippen LogP contribution in [0.15, 0.2) is 36.4 Å². The summed E-state index contributed by atoms with van der Waals surface area (Å²) in [5.74, 6) is -3.52. The van der Waals surface area contributed by atoms with Crippen LogP contribution in [0.3, 0.4) is 0 Å². The summed E-state index contributed by atoms with van der Waals surface area (Å²) in [6, 6.07) is 7.98. The Bertz CT molecular complexity index is 825. The summed E-state index contributed by atoms with van der Waals surface area (Å²) in [5, 5.41) is 2.48. The van der Waals surface area contributed by atoms with Crippen LogP contribution in [0.1, 0.15) is 35.3 Å². The van der Waals surface area contributed by atoms with Gasteiger partial charge in [-0.05, 0) is 55.2 Å². The largest absolute Gasteiger partial charge is 0.340 e. The summed E-state index contributed by atoms with van der Waals surface area (Å²) in [6.07, 6.45) is 0. The summed E-state index contributed by atoms with van der Waals surface area (Å²) in [4.78, 5) is 26.8. The highest BCUT2D eigenvalue weighted by molar-refractivity contribution is 6.02. The fourth-order valence-corrected chi connectivity index (χ4v) is 2.92. The average molecular weight is 374 g/mol. The quantitative estimate of drug-likeness (QED) is 0.860. The molecule has 0 saturated carbocycles. The van der Waals surface area contributed by atoms with E-state index < -0.39 is 29.1 Å². The van der Waals surface area contributed by atoms with E-state index >= 15 is 0 Å². The lowest BCUT2D eigenvalue weighted by Gasteiger charge is -2.27. The van der Waals surface area contributed by atoms with Crippen LogP contribution >= 0.6 is 0 Å². The van der Waals surface area contributed by atoms with Gasteiger partial charge in [-0.3, -0.25) is 9.59 Å². The van der Waals surface area contributed by atoms with Crippen molar-refractivity contribution in [3.05, 3.63) is 64.7 Å². The molecular formula is C21H24F2N2O2. The summed E-state index contributed by atoms with van der Waals surface area (Å²) >= 11 is 0. The second-order valence-corrected chi connectivity index (χ2v) is 7.03. The van der Waals surface area contributed by atoms with Gasteiger partial charge in [0.25, 0.3) is 5.91 Å². The van der Waals surface area contributed by atoms with Crippen molar-refractivity contribution < 1.29 is 18.4 Å². The van der Waals surface area contributed by atoms with E-state index in [9.17, 15) is 18.4 Å². The molecule has 2 aromatic rings. The van der Waals surface area contributed by atoms with Crippen molar-refractivity contribution in [2.75, 3.05) is 11.9 Å². The first-order chi connectivity index (χ1) is 12.6. The number of nitrogens with zero attached hydrogens (tertiary/aromatic N) is 1. The fourth-order valence-electron chi connectivity index (χ4n) is 2.92. The van der Waals surface area contributed by atoms with Crippen molar-refractivity contribution in [2.45, 2.75) is 33.7 Å². The minimum absolute atomic E-state index is 0.273. The van der Waals surface area contributed by atoms with Gasteiger partial charge in [0.2, 0.25) is 5.91 Å². The summed E-state index contributed by atoms with van der Waals surface area (Å²) in [7, 11) is 1.61. The Hall–Kier alpha value is -2.76. The molecule has 0 aliphatic rings. The van der Waals surface area contributed by atoms with E-state index in [0.717, 1.165) is 23.3 Å². The Kier molecular flexibility index (Phi) is 6.31. The zero-order valence-electron chi connectivity index (χ0n) is 16.1. The predicted molar refractivity (Wildman–Crippen MR) is 102 cm³/mol. The van der Waals surface area contributed by atoms with Crippen LogP contribution in [0.5, 0.6) is 0 Å². The van der Waals surface area contributed by atoms with Gasteiger partial charge in [-0.1, -0.05) is 26.0 Å². The fraction of sp³-hybridized carbons (Fsp3) is 0.333. The number of amides is 2. The molecule has 2 aromatic carbocycles. The number of benzene rings is 2. The van der Waals surface area contributed by atoms with Crippen LogP contribution in [0.2, 0.25) is 0 Å². The minimum atomic E-state index is -0.967. The zero-order chi connectivity index (χ0) is 20.3. The van der Waals surface area contributed by atoms with Crippen LogP contribution in [0, 0.1) is 31.4 Å². The maximum Gasteiger partial charge on any atom is 0.257 e. The van der Waals surface area contributed by atoms with E-state index in [2.05, 4.69) is 5.32 Å². The van der Waals surface area contributed by atoms with Crippen LogP contribution in [0.4, 0.5) is 14.5 Å². The molecule has 6 heteroatoms.